The topological polar surface area (TPSA) is 74.4 Å². The second-order valence-corrected chi connectivity index (χ2v) is 12.2. The molecule has 41 heavy (non-hydrogen) atoms. The first kappa shape index (κ1) is 27.4. The first-order valence-electron chi connectivity index (χ1n) is 13.3. The monoisotopic (exact) mass is 567 g/mol. The minimum absolute atomic E-state index is 0. The molecule has 0 radical (unpaired) electrons. The summed E-state index contributed by atoms with van der Waals surface area (Å²) in [4.78, 5) is 6.79. The predicted molar refractivity (Wildman–Crippen MR) is 164 cm³/mol. The van der Waals surface area contributed by atoms with E-state index in [-0.39, 0.29) is 22.0 Å². The minimum atomic E-state index is -0.736. The van der Waals surface area contributed by atoms with E-state index in [0.717, 1.165) is 43.3 Å². The second kappa shape index (κ2) is 11.6. The number of para-hydroxylation sites is 2. The summed E-state index contributed by atoms with van der Waals surface area (Å²) in [6, 6.07) is 32.1. The molecule has 0 saturated heterocycles. The third kappa shape index (κ3) is 5.21. The summed E-state index contributed by atoms with van der Waals surface area (Å²) in [5.41, 5.74) is 6.09. The zero-order chi connectivity index (χ0) is 27.1. The summed E-state index contributed by atoms with van der Waals surface area (Å²) in [5.74, 6) is -0.218. The molecular weight excluding hydrogens is 542 g/mol. The Morgan fingerprint density at radius 1 is 0.512 bits per heavy atom. The Kier molecular flexibility index (Phi) is 7.76. The zero-order valence-corrected chi connectivity index (χ0v) is 23.8. The largest absolute Gasteiger partial charge is 2.00 e. The molecule has 2 aliphatic rings. The van der Waals surface area contributed by atoms with Crippen molar-refractivity contribution in [1.29, 1.82) is 0 Å². The van der Waals surface area contributed by atoms with Crippen LogP contribution in [0.5, 0.6) is 0 Å². The molecule has 0 aliphatic heterocycles. The van der Waals surface area contributed by atoms with Gasteiger partial charge in [0.05, 0.1) is 11.8 Å². The van der Waals surface area contributed by atoms with Gasteiger partial charge < -0.3 is 10.2 Å². The van der Waals surface area contributed by atoms with Crippen molar-refractivity contribution in [3.63, 3.8) is 0 Å². The molecule has 0 bridgehead atoms. The molecule has 4 atom stereocenters. The van der Waals surface area contributed by atoms with Crippen LogP contribution in [0.15, 0.2) is 109 Å². The van der Waals surface area contributed by atoms with Crippen molar-refractivity contribution < 1.29 is 20.2 Å². The van der Waals surface area contributed by atoms with Gasteiger partial charge in [0.25, 0.3) is 0 Å². The standard InChI is InChI=1S/2C17H12NOS.Be/c2*19-16-12-6-2-1-5-11(12)9-10-13(16)17-18-14-7-3-4-8-15(14)20-17;/h2*1-10,13,16H;/q2*-1;+2/p+2. The van der Waals surface area contributed by atoms with Crippen molar-refractivity contribution >= 4 is 65.4 Å². The maximum absolute atomic E-state index is 12.7. The van der Waals surface area contributed by atoms with Gasteiger partial charge in [-0.1, -0.05) is 143 Å². The summed E-state index contributed by atoms with van der Waals surface area (Å²) >= 11 is 3.35. The van der Waals surface area contributed by atoms with Crippen molar-refractivity contribution in [2.24, 2.45) is 0 Å². The van der Waals surface area contributed by atoms with Gasteiger partial charge in [-0.25, -0.2) is 0 Å². The maximum Gasteiger partial charge on any atom is 2.00 e. The quantitative estimate of drug-likeness (QED) is 0.260. The summed E-state index contributed by atoms with van der Waals surface area (Å²) in [5, 5.41) is 27.5. The van der Waals surface area contributed by atoms with Crippen LogP contribution in [0.3, 0.4) is 0 Å². The SMILES string of the molecule is [Be+2].[O-]C1c2ccccc2C=CC1c1[nH+]c2ccccc2s1.[O-]C1c2ccccc2C=CC1c1[nH+]c2ccccc2s1. The predicted octanol–water partition coefficient (Wildman–Crippen LogP) is 5.47. The van der Waals surface area contributed by atoms with Gasteiger partial charge in [0.15, 0.2) is 0 Å². The molecule has 6 aromatic rings. The van der Waals surface area contributed by atoms with Crippen LogP contribution in [0.2, 0.25) is 0 Å². The molecular formula is C34H26BeN2O2S2+2. The van der Waals surface area contributed by atoms with Gasteiger partial charge in [0.2, 0.25) is 21.0 Å². The number of H-pyrrole nitrogens is 2. The van der Waals surface area contributed by atoms with Crippen LogP contribution in [-0.2, 0) is 0 Å². The van der Waals surface area contributed by atoms with Gasteiger partial charge in [-0.3, -0.25) is 0 Å². The fourth-order valence-corrected chi connectivity index (χ4v) is 7.69. The van der Waals surface area contributed by atoms with E-state index in [9.17, 15) is 10.2 Å². The normalized spacial score (nSPS) is 20.5. The molecule has 196 valence electrons. The van der Waals surface area contributed by atoms with Gasteiger partial charge >= 0.3 is 10.1 Å². The van der Waals surface area contributed by atoms with Crippen LogP contribution in [0.25, 0.3) is 32.6 Å². The Balaban J connectivity index is 0.000000144. The summed E-state index contributed by atoms with van der Waals surface area (Å²) in [6.45, 7) is 0. The molecule has 0 spiro atoms. The van der Waals surface area contributed by atoms with Crippen molar-refractivity contribution in [2.75, 3.05) is 0 Å². The smallest absolute Gasteiger partial charge is 0.848 e. The number of fused-ring (bicyclic) bond motifs is 4. The molecule has 0 amide bonds. The molecule has 2 heterocycles. The molecule has 2 N–H and O–H groups in total. The number of hydrogen-bond acceptors (Lipinski definition) is 4. The fraction of sp³-hybridized carbons (Fsp3) is 0.118. The van der Waals surface area contributed by atoms with E-state index in [1.807, 2.05) is 84.9 Å². The van der Waals surface area contributed by atoms with E-state index in [1.165, 1.54) is 9.40 Å². The van der Waals surface area contributed by atoms with Crippen LogP contribution < -0.4 is 20.2 Å². The third-order valence-electron chi connectivity index (χ3n) is 7.56. The van der Waals surface area contributed by atoms with E-state index < -0.39 is 12.2 Å². The van der Waals surface area contributed by atoms with Crippen LogP contribution in [0.4, 0.5) is 0 Å². The average molecular weight is 568 g/mol. The van der Waals surface area contributed by atoms with Crippen molar-refractivity contribution in [3.8, 4) is 0 Å². The molecule has 4 aromatic carbocycles. The summed E-state index contributed by atoms with van der Waals surface area (Å²) < 4.78 is 2.39. The maximum atomic E-state index is 12.7. The number of nitrogens with one attached hydrogen (secondary N) is 2. The van der Waals surface area contributed by atoms with Crippen LogP contribution in [0.1, 0.15) is 56.3 Å². The Morgan fingerprint density at radius 3 is 1.34 bits per heavy atom. The van der Waals surface area contributed by atoms with Gasteiger partial charge in [-0.15, -0.1) is 0 Å². The Hall–Kier alpha value is -3.77. The summed E-state index contributed by atoms with van der Waals surface area (Å²) in [7, 11) is 0. The Morgan fingerprint density at radius 2 is 0.902 bits per heavy atom. The van der Waals surface area contributed by atoms with E-state index in [2.05, 4.69) is 46.4 Å². The molecule has 2 aliphatic carbocycles. The van der Waals surface area contributed by atoms with E-state index in [0.29, 0.717) is 0 Å². The number of rotatable bonds is 2. The molecule has 4 nitrogen and oxygen atoms in total. The number of aromatic nitrogens is 2. The summed E-state index contributed by atoms with van der Waals surface area (Å²) in [6.07, 6.45) is 6.71. The molecule has 8 rings (SSSR count). The van der Waals surface area contributed by atoms with Gasteiger partial charge in [0.1, 0.15) is 9.40 Å². The first-order chi connectivity index (χ1) is 19.7. The van der Waals surface area contributed by atoms with Crippen LogP contribution in [0, 0.1) is 0 Å². The molecule has 2 aromatic heterocycles. The Bertz CT molecular complexity index is 1690. The van der Waals surface area contributed by atoms with Gasteiger partial charge in [-0.2, -0.15) is 9.97 Å². The molecule has 0 fully saturated rings. The number of aromatic amines is 2. The van der Waals surface area contributed by atoms with Crippen molar-refractivity contribution in [2.45, 2.75) is 24.0 Å². The van der Waals surface area contributed by atoms with E-state index in [1.54, 1.807) is 22.7 Å². The molecule has 7 heteroatoms. The molecule has 4 unspecified atom stereocenters. The van der Waals surface area contributed by atoms with Crippen LogP contribution in [-0.4, -0.2) is 10.1 Å². The minimum Gasteiger partial charge on any atom is -0.848 e. The number of benzene rings is 4. The average Bonchev–Trinajstić information content (AvgIpc) is 3.63. The first-order valence-corrected chi connectivity index (χ1v) is 15.0. The zero-order valence-electron chi connectivity index (χ0n) is 22.2. The Labute approximate surface area is 250 Å². The second-order valence-electron chi connectivity index (χ2n) is 10.0. The molecule has 0 saturated carbocycles. The third-order valence-corrected chi connectivity index (χ3v) is 9.90. The van der Waals surface area contributed by atoms with E-state index >= 15 is 0 Å². The van der Waals surface area contributed by atoms with Gasteiger partial charge in [0, 0.05) is 12.1 Å². The van der Waals surface area contributed by atoms with Crippen LogP contribution >= 0.6 is 22.7 Å². The fourth-order valence-electron chi connectivity index (χ4n) is 5.47. The number of hydrogen-bond donors (Lipinski definition) is 0. The van der Waals surface area contributed by atoms with Crippen molar-refractivity contribution in [3.05, 3.63) is 141 Å². The van der Waals surface area contributed by atoms with E-state index in [4.69, 9.17) is 0 Å². The number of thiazole rings is 2. The van der Waals surface area contributed by atoms with Crippen molar-refractivity contribution in [1.82, 2.24) is 0 Å². The van der Waals surface area contributed by atoms with Gasteiger partial charge in [-0.05, 0) is 23.3 Å².